The number of hydrogen-bond donors (Lipinski definition) is 1. The number of carbonyl (C=O) groups is 2. The molecule has 4 rings (SSSR count). The van der Waals surface area contributed by atoms with Gasteiger partial charge in [0.2, 0.25) is 5.91 Å². The van der Waals surface area contributed by atoms with Crippen LogP contribution >= 0.6 is 27.3 Å². The van der Waals surface area contributed by atoms with Crippen LogP contribution in [0.25, 0.3) is 10.6 Å². The predicted molar refractivity (Wildman–Crippen MR) is 108 cm³/mol. The zero-order valence-corrected chi connectivity index (χ0v) is 16.4. The van der Waals surface area contributed by atoms with Crippen LogP contribution in [0.2, 0.25) is 0 Å². The van der Waals surface area contributed by atoms with Gasteiger partial charge >= 0.3 is 0 Å². The number of halogens is 1. The maximum absolute atomic E-state index is 12.5. The Morgan fingerprint density at radius 2 is 2.07 bits per heavy atom. The second-order valence-electron chi connectivity index (χ2n) is 5.84. The van der Waals surface area contributed by atoms with Crippen LogP contribution in [0.5, 0.6) is 5.75 Å². The van der Waals surface area contributed by atoms with Crippen LogP contribution in [0.1, 0.15) is 0 Å². The first-order valence-corrected chi connectivity index (χ1v) is 9.80. The average Bonchev–Trinajstić information content (AvgIpc) is 3.19. The van der Waals surface area contributed by atoms with E-state index in [1.807, 2.05) is 35.7 Å². The number of thiazole rings is 1. The van der Waals surface area contributed by atoms with Gasteiger partial charge in [-0.1, -0.05) is 15.9 Å². The molecule has 0 bridgehead atoms. The maximum Gasteiger partial charge on any atom is 0.265 e. The van der Waals surface area contributed by atoms with Crippen molar-refractivity contribution in [2.45, 2.75) is 0 Å². The van der Waals surface area contributed by atoms with Crippen molar-refractivity contribution < 1.29 is 14.3 Å². The van der Waals surface area contributed by atoms with E-state index < -0.39 is 0 Å². The number of anilines is 2. The highest BCUT2D eigenvalue weighted by Crippen LogP contribution is 2.34. The number of nitrogens with zero attached hydrogens (tertiary/aromatic N) is 2. The molecule has 0 unspecified atom stereocenters. The van der Waals surface area contributed by atoms with Crippen molar-refractivity contribution in [1.82, 2.24) is 4.98 Å². The van der Waals surface area contributed by atoms with Crippen LogP contribution in [0.3, 0.4) is 0 Å². The summed E-state index contributed by atoms with van der Waals surface area (Å²) >= 11 is 4.93. The molecule has 1 aliphatic rings. The summed E-state index contributed by atoms with van der Waals surface area (Å²) in [6, 6.07) is 12.8. The molecule has 0 fully saturated rings. The van der Waals surface area contributed by atoms with Gasteiger partial charge in [-0.3, -0.25) is 14.5 Å². The number of amides is 2. The van der Waals surface area contributed by atoms with Gasteiger partial charge in [-0.05, 0) is 42.5 Å². The van der Waals surface area contributed by atoms with Gasteiger partial charge in [0.1, 0.15) is 17.3 Å². The molecule has 2 aromatic carbocycles. The molecule has 27 heavy (non-hydrogen) atoms. The molecule has 1 N–H and O–H groups in total. The molecule has 3 aromatic rings. The molecule has 8 heteroatoms. The van der Waals surface area contributed by atoms with E-state index in [-0.39, 0.29) is 25.0 Å². The standard InChI is InChI=1S/C19H14BrN3O3S/c20-13-3-6-15-16(9-13)26-11-18(25)23(15)10-17(24)22-14-4-1-12(2-5-14)19-21-7-8-27-19/h1-9H,10-11H2,(H,22,24). The van der Waals surface area contributed by atoms with E-state index in [1.54, 1.807) is 29.7 Å². The number of fused-ring (bicyclic) bond motifs is 1. The first-order chi connectivity index (χ1) is 13.1. The van der Waals surface area contributed by atoms with Crippen LogP contribution in [0, 0.1) is 0 Å². The van der Waals surface area contributed by atoms with Crippen molar-refractivity contribution in [2.24, 2.45) is 0 Å². The number of carbonyl (C=O) groups excluding carboxylic acids is 2. The second kappa shape index (κ2) is 7.50. The lowest BCUT2D eigenvalue weighted by Gasteiger charge is -2.29. The lowest BCUT2D eigenvalue weighted by atomic mass is 10.2. The van der Waals surface area contributed by atoms with Crippen LogP contribution in [0.4, 0.5) is 11.4 Å². The van der Waals surface area contributed by atoms with Crippen LogP contribution in [0.15, 0.2) is 58.5 Å². The van der Waals surface area contributed by atoms with Gasteiger partial charge in [-0.15, -0.1) is 11.3 Å². The second-order valence-corrected chi connectivity index (χ2v) is 7.65. The van der Waals surface area contributed by atoms with E-state index in [0.717, 1.165) is 15.0 Å². The first-order valence-electron chi connectivity index (χ1n) is 8.12. The van der Waals surface area contributed by atoms with E-state index in [0.29, 0.717) is 17.1 Å². The van der Waals surface area contributed by atoms with Gasteiger partial charge in [-0.25, -0.2) is 4.98 Å². The van der Waals surface area contributed by atoms with E-state index in [2.05, 4.69) is 26.2 Å². The zero-order chi connectivity index (χ0) is 18.8. The highest BCUT2D eigenvalue weighted by Gasteiger charge is 2.27. The molecule has 2 heterocycles. The quantitative estimate of drug-likeness (QED) is 0.662. The number of nitrogens with one attached hydrogen (secondary N) is 1. The number of benzene rings is 2. The Morgan fingerprint density at radius 3 is 2.81 bits per heavy atom. The molecule has 0 radical (unpaired) electrons. The third-order valence-electron chi connectivity index (χ3n) is 4.01. The van der Waals surface area contributed by atoms with Crippen molar-refractivity contribution in [3.05, 3.63) is 58.5 Å². The van der Waals surface area contributed by atoms with Crippen molar-refractivity contribution in [2.75, 3.05) is 23.4 Å². The molecular weight excluding hydrogens is 430 g/mol. The number of ether oxygens (including phenoxy) is 1. The summed E-state index contributed by atoms with van der Waals surface area (Å²) in [6.45, 7) is -0.162. The summed E-state index contributed by atoms with van der Waals surface area (Å²) in [4.78, 5) is 30.4. The summed E-state index contributed by atoms with van der Waals surface area (Å²) < 4.78 is 6.28. The predicted octanol–water partition coefficient (Wildman–Crippen LogP) is 3.94. The lowest BCUT2D eigenvalue weighted by molar-refractivity contribution is -0.123. The fraction of sp³-hybridized carbons (Fsp3) is 0.105. The minimum atomic E-state index is -0.277. The van der Waals surface area contributed by atoms with E-state index in [4.69, 9.17) is 4.74 Å². The molecule has 0 atom stereocenters. The molecular formula is C19H14BrN3O3S. The Bertz CT molecular complexity index is 990. The molecule has 136 valence electrons. The van der Waals surface area contributed by atoms with Gasteiger partial charge in [-0.2, -0.15) is 0 Å². The van der Waals surface area contributed by atoms with Gasteiger partial charge in [0.15, 0.2) is 6.61 Å². The monoisotopic (exact) mass is 443 g/mol. The number of aromatic nitrogens is 1. The molecule has 2 amide bonds. The fourth-order valence-corrected chi connectivity index (χ4v) is 3.74. The van der Waals surface area contributed by atoms with Gasteiger partial charge in [0.25, 0.3) is 5.91 Å². The van der Waals surface area contributed by atoms with E-state index in [9.17, 15) is 9.59 Å². The molecule has 1 aliphatic heterocycles. The fourth-order valence-electron chi connectivity index (χ4n) is 2.76. The van der Waals surface area contributed by atoms with Crippen molar-refractivity contribution >= 4 is 50.5 Å². The lowest BCUT2D eigenvalue weighted by Crippen LogP contribution is -2.43. The Labute approximate surface area is 167 Å². The third-order valence-corrected chi connectivity index (χ3v) is 5.33. The topological polar surface area (TPSA) is 71.5 Å². The first kappa shape index (κ1) is 17.7. The summed E-state index contributed by atoms with van der Waals surface area (Å²) in [6.07, 6.45) is 1.76. The van der Waals surface area contributed by atoms with Crippen LogP contribution in [-0.4, -0.2) is 29.9 Å². The maximum atomic E-state index is 12.5. The molecule has 0 spiro atoms. The SMILES string of the molecule is O=C(CN1C(=O)COc2cc(Br)ccc21)Nc1ccc(-c2nccs2)cc1. The highest BCUT2D eigenvalue weighted by molar-refractivity contribution is 9.10. The summed E-state index contributed by atoms with van der Waals surface area (Å²) in [5.74, 6) is 0.0461. The zero-order valence-electron chi connectivity index (χ0n) is 14.0. The number of hydrogen-bond acceptors (Lipinski definition) is 5. The Balaban J connectivity index is 1.46. The minimum absolute atomic E-state index is 0.0783. The van der Waals surface area contributed by atoms with Crippen LogP contribution < -0.4 is 15.0 Å². The Hall–Kier alpha value is -2.71. The molecule has 0 saturated heterocycles. The van der Waals surface area contributed by atoms with Crippen molar-refractivity contribution in [3.63, 3.8) is 0 Å². The molecule has 0 aliphatic carbocycles. The van der Waals surface area contributed by atoms with Gasteiger partial charge in [0, 0.05) is 27.3 Å². The number of rotatable bonds is 4. The van der Waals surface area contributed by atoms with E-state index in [1.165, 1.54) is 4.90 Å². The minimum Gasteiger partial charge on any atom is -0.482 e. The Morgan fingerprint density at radius 1 is 1.26 bits per heavy atom. The molecule has 6 nitrogen and oxygen atoms in total. The van der Waals surface area contributed by atoms with Gasteiger partial charge in [0.05, 0.1) is 5.69 Å². The third kappa shape index (κ3) is 3.86. The van der Waals surface area contributed by atoms with Crippen molar-refractivity contribution in [3.8, 4) is 16.3 Å². The summed E-state index contributed by atoms with van der Waals surface area (Å²) in [5.41, 5.74) is 2.24. The average molecular weight is 444 g/mol. The normalized spacial score (nSPS) is 13.1. The van der Waals surface area contributed by atoms with E-state index >= 15 is 0 Å². The largest absolute Gasteiger partial charge is 0.482 e. The van der Waals surface area contributed by atoms with Gasteiger partial charge < -0.3 is 10.1 Å². The molecule has 0 saturated carbocycles. The van der Waals surface area contributed by atoms with Crippen molar-refractivity contribution in [1.29, 1.82) is 0 Å². The van der Waals surface area contributed by atoms with Crippen LogP contribution in [-0.2, 0) is 9.59 Å². The summed E-state index contributed by atoms with van der Waals surface area (Å²) in [5, 5.41) is 5.67. The molecule has 1 aromatic heterocycles. The highest BCUT2D eigenvalue weighted by atomic mass is 79.9. The Kier molecular flexibility index (Phi) is 4.91. The smallest absolute Gasteiger partial charge is 0.265 e. The summed E-state index contributed by atoms with van der Waals surface area (Å²) in [7, 11) is 0.